The average molecular weight is 296 g/mol. The second kappa shape index (κ2) is 4.58. The summed E-state index contributed by atoms with van der Waals surface area (Å²) in [6.45, 7) is 0. The normalized spacial score (nSPS) is 11.2. The predicted octanol–water partition coefficient (Wildman–Crippen LogP) is 5.77. The van der Waals surface area contributed by atoms with Gasteiger partial charge in [-0.15, -0.1) is 11.3 Å². The molecule has 4 aromatic rings. The third-order valence-corrected chi connectivity index (χ3v) is 4.70. The number of hydrogen-bond donors (Lipinski definition) is 0. The number of fused-ring (bicyclic) bond motifs is 2. The second-order valence-corrected chi connectivity index (χ2v) is 5.93. The highest BCUT2D eigenvalue weighted by Gasteiger charge is 2.11. The van der Waals surface area contributed by atoms with E-state index in [2.05, 4.69) is 46.8 Å². The van der Waals surface area contributed by atoms with E-state index in [0.29, 0.717) is 5.15 Å². The highest BCUT2D eigenvalue weighted by Crippen LogP contribution is 2.37. The molecule has 0 fully saturated rings. The predicted molar refractivity (Wildman–Crippen MR) is 87.6 cm³/mol. The molecule has 3 heteroatoms. The van der Waals surface area contributed by atoms with Gasteiger partial charge in [0.15, 0.2) is 0 Å². The topological polar surface area (TPSA) is 12.9 Å². The molecule has 1 nitrogen and oxygen atoms in total. The second-order valence-electron chi connectivity index (χ2n) is 4.66. The van der Waals surface area contributed by atoms with Crippen LogP contribution in [0, 0.1) is 0 Å². The van der Waals surface area contributed by atoms with Crippen LogP contribution >= 0.6 is 22.9 Å². The molecule has 2 heterocycles. The lowest BCUT2D eigenvalue weighted by molar-refractivity contribution is 1.41. The summed E-state index contributed by atoms with van der Waals surface area (Å²) < 4.78 is 1.27. The number of thiophene rings is 1. The number of hydrogen-bond acceptors (Lipinski definition) is 2. The Morgan fingerprint density at radius 2 is 1.70 bits per heavy atom. The first kappa shape index (κ1) is 11.9. The van der Waals surface area contributed by atoms with Crippen LogP contribution in [0.3, 0.4) is 0 Å². The van der Waals surface area contributed by atoms with Crippen LogP contribution in [0.25, 0.3) is 32.1 Å². The van der Waals surface area contributed by atoms with Gasteiger partial charge >= 0.3 is 0 Å². The molecule has 0 aliphatic carbocycles. The molecule has 0 N–H and O–H groups in total. The standard InChI is InChI=1S/C17H10ClNS/c18-17-13(9-11-5-1-3-7-15(11)19-17)14-10-20-16-8-4-2-6-12(14)16/h1-10H. The zero-order chi connectivity index (χ0) is 13.5. The molecule has 2 aromatic heterocycles. The fraction of sp³-hybridized carbons (Fsp3) is 0. The van der Waals surface area contributed by atoms with Crippen LogP contribution in [0.5, 0.6) is 0 Å². The van der Waals surface area contributed by atoms with E-state index in [4.69, 9.17) is 11.6 Å². The van der Waals surface area contributed by atoms with Crippen molar-refractivity contribution in [3.8, 4) is 11.1 Å². The quantitative estimate of drug-likeness (QED) is 0.406. The molecule has 0 unspecified atom stereocenters. The maximum atomic E-state index is 6.39. The number of benzene rings is 2. The lowest BCUT2D eigenvalue weighted by atomic mass is 10.0. The highest BCUT2D eigenvalue weighted by atomic mass is 35.5. The van der Waals surface area contributed by atoms with Gasteiger partial charge in [-0.2, -0.15) is 0 Å². The van der Waals surface area contributed by atoms with Gasteiger partial charge < -0.3 is 0 Å². The van der Waals surface area contributed by atoms with Crippen LogP contribution in [0.4, 0.5) is 0 Å². The van der Waals surface area contributed by atoms with Gasteiger partial charge in [-0.25, -0.2) is 4.98 Å². The molecule has 96 valence electrons. The largest absolute Gasteiger partial charge is 0.235 e. The summed E-state index contributed by atoms with van der Waals surface area (Å²) in [7, 11) is 0. The van der Waals surface area contributed by atoms with Crippen LogP contribution in [-0.4, -0.2) is 4.98 Å². The number of halogens is 1. The first-order chi connectivity index (χ1) is 9.83. The smallest absolute Gasteiger partial charge is 0.137 e. The van der Waals surface area contributed by atoms with Gasteiger partial charge in [-0.1, -0.05) is 48.0 Å². The van der Waals surface area contributed by atoms with Crippen molar-refractivity contribution < 1.29 is 0 Å². The molecule has 0 spiro atoms. The molecular formula is C17H10ClNS. The Morgan fingerprint density at radius 1 is 0.900 bits per heavy atom. The Hall–Kier alpha value is -1.90. The Morgan fingerprint density at radius 3 is 2.65 bits per heavy atom. The van der Waals surface area contributed by atoms with Crippen molar-refractivity contribution in [3.63, 3.8) is 0 Å². The summed E-state index contributed by atoms with van der Waals surface area (Å²) in [5.41, 5.74) is 3.09. The Kier molecular flexibility index (Phi) is 2.72. The van der Waals surface area contributed by atoms with Crippen LogP contribution in [0.1, 0.15) is 0 Å². The van der Waals surface area contributed by atoms with Gasteiger partial charge in [-0.05, 0) is 23.6 Å². The molecule has 0 atom stereocenters. The maximum Gasteiger partial charge on any atom is 0.137 e. The van der Waals surface area contributed by atoms with Crippen LogP contribution in [-0.2, 0) is 0 Å². The van der Waals surface area contributed by atoms with Gasteiger partial charge in [0.2, 0.25) is 0 Å². The Labute approximate surface area is 125 Å². The van der Waals surface area contributed by atoms with E-state index in [1.165, 1.54) is 10.1 Å². The zero-order valence-electron chi connectivity index (χ0n) is 10.5. The lowest BCUT2D eigenvalue weighted by Crippen LogP contribution is -1.85. The molecule has 0 aliphatic heterocycles. The van der Waals surface area contributed by atoms with E-state index in [9.17, 15) is 0 Å². The van der Waals surface area contributed by atoms with E-state index < -0.39 is 0 Å². The summed E-state index contributed by atoms with van der Waals surface area (Å²) in [6, 6.07) is 18.5. The van der Waals surface area contributed by atoms with Gasteiger partial charge in [0, 0.05) is 26.6 Å². The minimum atomic E-state index is 0.562. The molecule has 4 rings (SSSR count). The van der Waals surface area contributed by atoms with Gasteiger partial charge in [-0.3, -0.25) is 0 Å². The molecule has 0 saturated heterocycles. The Bertz CT molecular complexity index is 926. The molecular weight excluding hydrogens is 286 g/mol. The fourth-order valence-electron chi connectivity index (χ4n) is 2.47. The van der Waals surface area contributed by atoms with Crippen molar-refractivity contribution in [1.82, 2.24) is 4.98 Å². The highest BCUT2D eigenvalue weighted by molar-refractivity contribution is 7.17. The SMILES string of the molecule is Clc1nc2ccccc2cc1-c1csc2ccccc12. The summed E-state index contributed by atoms with van der Waals surface area (Å²) in [6.07, 6.45) is 0. The number of para-hydroxylation sites is 1. The molecule has 0 amide bonds. The van der Waals surface area contributed by atoms with E-state index in [1.807, 2.05) is 18.2 Å². The van der Waals surface area contributed by atoms with Crippen LogP contribution in [0.2, 0.25) is 5.15 Å². The third kappa shape index (κ3) is 1.80. The minimum absolute atomic E-state index is 0.562. The van der Waals surface area contributed by atoms with Crippen LogP contribution in [0.15, 0.2) is 60.0 Å². The summed E-state index contributed by atoms with van der Waals surface area (Å²) in [5.74, 6) is 0. The molecule has 0 radical (unpaired) electrons. The number of nitrogens with zero attached hydrogens (tertiary/aromatic N) is 1. The van der Waals surface area contributed by atoms with Crippen molar-refractivity contribution in [2.45, 2.75) is 0 Å². The number of rotatable bonds is 1. The van der Waals surface area contributed by atoms with E-state index in [-0.39, 0.29) is 0 Å². The molecule has 0 saturated carbocycles. The number of pyridine rings is 1. The van der Waals surface area contributed by atoms with Crippen molar-refractivity contribution in [3.05, 3.63) is 65.1 Å². The molecule has 0 bridgehead atoms. The van der Waals surface area contributed by atoms with Crippen molar-refractivity contribution in [1.29, 1.82) is 0 Å². The summed E-state index contributed by atoms with van der Waals surface area (Å²) >= 11 is 8.13. The van der Waals surface area contributed by atoms with Crippen molar-refractivity contribution in [2.75, 3.05) is 0 Å². The van der Waals surface area contributed by atoms with Gasteiger partial charge in [0.25, 0.3) is 0 Å². The lowest BCUT2D eigenvalue weighted by Gasteiger charge is -2.05. The van der Waals surface area contributed by atoms with Crippen molar-refractivity contribution in [2.24, 2.45) is 0 Å². The van der Waals surface area contributed by atoms with E-state index in [1.54, 1.807) is 11.3 Å². The number of aromatic nitrogens is 1. The van der Waals surface area contributed by atoms with Gasteiger partial charge in [0.1, 0.15) is 5.15 Å². The first-order valence-corrected chi connectivity index (χ1v) is 7.60. The molecule has 20 heavy (non-hydrogen) atoms. The van der Waals surface area contributed by atoms with Crippen LogP contribution < -0.4 is 0 Å². The molecule has 0 aliphatic rings. The fourth-order valence-corrected chi connectivity index (χ4v) is 3.68. The first-order valence-electron chi connectivity index (χ1n) is 6.35. The minimum Gasteiger partial charge on any atom is -0.235 e. The Balaban J connectivity index is 2.04. The molecule has 2 aromatic carbocycles. The zero-order valence-corrected chi connectivity index (χ0v) is 12.1. The summed E-state index contributed by atoms with van der Waals surface area (Å²) in [4.78, 5) is 4.51. The van der Waals surface area contributed by atoms with E-state index >= 15 is 0 Å². The maximum absolute atomic E-state index is 6.39. The average Bonchev–Trinajstić information content (AvgIpc) is 2.90. The van der Waals surface area contributed by atoms with Gasteiger partial charge in [0.05, 0.1) is 5.52 Å². The summed E-state index contributed by atoms with van der Waals surface area (Å²) in [5, 5.41) is 5.06. The van der Waals surface area contributed by atoms with Crippen molar-refractivity contribution >= 4 is 43.9 Å². The third-order valence-electron chi connectivity index (χ3n) is 3.45. The van der Waals surface area contributed by atoms with E-state index in [0.717, 1.165) is 22.0 Å². The monoisotopic (exact) mass is 295 g/mol.